The third-order valence-electron chi connectivity index (χ3n) is 4.39. The smallest absolute Gasteiger partial charge is 0.335 e. The van der Waals surface area contributed by atoms with Gasteiger partial charge in [-0.2, -0.15) is 0 Å². The molecule has 6 nitrogen and oxygen atoms in total. The summed E-state index contributed by atoms with van der Waals surface area (Å²) in [4.78, 5) is 37.3. The van der Waals surface area contributed by atoms with Crippen LogP contribution in [0.15, 0.2) is 48.5 Å². The fourth-order valence-corrected chi connectivity index (χ4v) is 3.12. The zero-order valence-corrected chi connectivity index (χ0v) is 14.3. The monoisotopic (exact) mass is 352 g/mol. The van der Waals surface area contributed by atoms with Crippen molar-refractivity contribution in [1.29, 1.82) is 0 Å². The number of para-hydroxylation sites is 1. The second-order valence-electron chi connectivity index (χ2n) is 6.24. The van der Waals surface area contributed by atoms with Crippen LogP contribution in [0.1, 0.15) is 27.9 Å². The van der Waals surface area contributed by atoms with Gasteiger partial charge in [0.15, 0.2) is 0 Å². The van der Waals surface area contributed by atoms with Crippen molar-refractivity contribution < 1.29 is 19.5 Å². The highest BCUT2D eigenvalue weighted by atomic mass is 16.4. The van der Waals surface area contributed by atoms with E-state index in [1.54, 1.807) is 17.0 Å². The Morgan fingerprint density at radius 3 is 2.69 bits per heavy atom. The number of amides is 2. The maximum absolute atomic E-state index is 12.5. The van der Waals surface area contributed by atoms with Crippen LogP contribution >= 0.6 is 0 Å². The van der Waals surface area contributed by atoms with Crippen LogP contribution in [0, 0.1) is 0 Å². The molecule has 0 spiro atoms. The number of anilines is 1. The first kappa shape index (κ1) is 17.7. The van der Waals surface area contributed by atoms with Crippen molar-refractivity contribution in [3.63, 3.8) is 0 Å². The molecule has 26 heavy (non-hydrogen) atoms. The summed E-state index contributed by atoms with van der Waals surface area (Å²) in [5.41, 5.74) is 2.78. The van der Waals surface area contributed by atoms with Gasteiger partial charge in [0.05, 0.1) is 18.5 Å². The Kier molecular flexibility index (Phi) is 5.31. The first-order valence-electron chi connectivity index (χ1n) is 8.52. The largest absolute Gasteiger partial charge is 0.478 e. The molecule has 2 amide bonds. The summed E-state index contributed by atoms with van der Waals surface area (Å²) >= 11 is 0. The number of hydrogen-bond donors (Lipinski definition) is 2. The van der Waals surface area contributed by atoms with Gasteiger partial charge in [0.2, 0.25) is 11.8 Å². The van der Waals surface area contributed by atoms with Gasteiger partial charge in [0.1, 0.15) is 0 Å². The minimum absolute atomic E-state index is 0.0327. The van der Waals surface area contributed by atoms with Crippen molar-refractivity contribution in [1.82, 2.24) is 5.32 Å². The number of carbonyl (C=O) groups is 3. The summed E-state index contributed by atoms with van der Waals surface area (Å²) in [5, 5.41) is 11.6. The van der Waals surface area contributed by atoms with E-state index in [-0.39, 0.29) is 30.3 Å². The molecule has 0 unspecified atom stereocenters. The van der Waals surface area contributed by atoms with E-state index in [9.17, 15) is 14.4 Å². The van der Waals surface area contributed by atoms with Crippen LogP contribution in [0.3, 0.4) is 0 Å². The third kappa shape index (κ3) is 4.08. The number of fused-ring (bicyclic) bond motifs is 1. The van der Waals surface area contributed by atoms with Crippen LogP contribution in [-0.4, -0.2) is 36.0 Å². The van der Waals surface area contributed by atoms with Gasteiger partial charge in [-0.05, 0) is 42.2 Å². The maximum Gasteiger partial charge on any atom is 0.335 e. The van der Waals surface area contributed by atoms with Crippen LogP contribution in [0.2, 0.25) is 0 Å². The number of carboxylic acid groups (broad SMARTS) is 1. The van der Waals surface area contributed by atoms with Gasteiger partial charge >= 0.3 is 5.97 Å². The Bertz CT molecular complexity index is 847. The topological polar surface area (TPSA) is 86.7 Å². The minimum atomic E-state index is -1.04. The number of aryl methyl sites for hydroxylation is 1. The van der Waals surface area contributed by atoms with Crippen molar-refractivity contribution in [3.05, 3.63) is 65.2 Å². The fourth-order valence-electron chi connectivity index (χ4n) is 3.12. The highest BCUT2D eigenvalue weighted by Crippen LogP contribution is 2.26. The maximum atomic E-state index is 12.5. The van der Waals surface area contributed by atoms with E-state index in [4.69, 9.17) is 5.11 Å². The number of hydrogen-bond acceptors (Lipinski definition) is 3. The number of benzene rings is 2. The SMILES string of the molecule is O=C(Cc1cccc(C(=O)O)c1)NCC(=O)N1CCCc2ccccc21. The summed E-state index contributed by atoms with van der Waals surface area (Å²) in [6.45, 7) is 0.568. The summed E-state index contributed by atoms with van der Waals surface area (Å²) in [7, 11) is 0. The Hall–Kier alpha value is -3.15. The molecule has 0 atom stereocenters. The van der Waals surface area contributed by atoms with Crippen molar-refractivity contribution in [3.8, 4) is 0 Å². The van der Waals surface area contributed by atoms with Crippen molar-refractivity contribution in [2.75, 3.05) is 18.0 Å². The molecule has 1 aliphatic rings. The predicted molar refractivity (Wildman–Crippen MR) is 97.2 cm³/mol. The molecule has 134 valence electrons. The Morgan fingerprint density at radius 2 is 1.88 bits per heavy atom. The third-order valence-corrected chi connectivity index (χ3v) is 4.39. The molecule has 2 N–H and O–H groups in total. The molecule has 2 aromatic carbocycles. The summed E-state index contributed by atoms with van der Waals surface area (Å²) in [5.74, 6) is -1.50. The molecule has 0 bridgehead atoms. The minimum Gasteiger partial charge on any atom is -0.478 e. The van der Waals surface area contributed by atoms with Gasteiger partial charge < -0.3 is 15.3 Å². The zero-order valence-electron chi connectivity index (χ0n) is 14.3. The van der Waals surface area contributed by atoms with Gasteiger partial charge in [-0.15, -0.1) is 0 Å². The van der Waals surface area contributed by atoms with Crippen LogP contribution in [0.5, 0.6) is 0 Å². The molecule has 0 saturated carbocycles. The Balaban J connectivity index is 1.57. The Labute approximate surface area is 151 Å². The molecule has 1 heterocycles. The van der Waals surface area contributed by atoms with E-state index in [0.29, 0.717) is 12.1 Å². The molecule has 0 aromatic heterocycles. The molecule has 0 saturated heterocycles. The molecule has 2 aromatic rings. The molecule has 3 rings (SSSR count). The quantitative estimate of drug-likeness (QED) is 0.862. The second-order valence-corrected chi connectivity index (χ2v) is 6.24. The molecule has 0 fully saturated rings. The molecule has 0 radical (unpaired) electrons. The number of nitrogens with one attached hydrogen (secondary N) is 1. The lowest BCUT2D eigenvalue weighted by atomic mass is 10.0. The van der Waals surface area contributed by atoms with Crippen LogP contribution < -0.4 is 10.2 Å². The average molecular weight is 352 g/mol. The lowest BCUT2D eigenvalue weighted by Crippen LogP contribution is -2.43. The molecule has 1 aliphatic heterocycles. The normalized spacial score (nSPS) is 13.0. The fraction of sp³-hybridized carbons (Fsp3) is 0.250. The van der Waals surface area contributed by atoms with Crippen molar-refractivity contribution in [2.24, 2.45) is 0 Å². The van der Waals surface area contributed by atoms with E-state index in [1.807, 2.05) is 24.3 Å². The molecule has 6 heteroatoms. The van der Waals surface area contributed by atoms with Gasteiger partial charge in [0.25, 0.3) is 0 Å². The van der Waals surface area contributed by atoms with Crippen molar-refractivity contribution in [2.45, 2.75) is 19.3 Å². The molecular formula is C20H20N2O4. The van der Waals surface area contributed by atoms with Crippen LogP contribution in [0.4, 0.5) is 5.69 Å². The highest BCUT2D eigenvalue weighted by molar-refractivity contribution is 5.97. The first-order valence-corrected chi connectivity index (χ1v) is 8.52. The lowest BCUT2D eigenvalue weighted by molar-refractivity contribution is -0.124. The molecule has 0 aliphatic carbocycles. The van der Waals surface area contributed by atoms with E-state index in [1.165, 1.54) is 12.1 Å². The first-order chi connectivity index (χ1) is 12.5. The zero-order chi connectivity index (χ0) is 18.5. The number of aromatic carboxylic acids is 1. The van der Waals surface area contributed by atoms with E-state index in [0.717, 1.165) is 24.1 Å². The standard InChI is InChI=1S/C20H20N2O4/c23-18(12-14-5-3-7-16(11-14)20(25)26)21-13-19(24)22-10-4-8-15-6-1-2-9-17(15)22/h1-3,5-7,9,11H,4,8,10,12-13H2,(H,21,23)(H,25,26). The summed E-state index contributed by atoms with van der Waals surface area (Å²) < 4.78 is 0. The Morgan fingerprint density at radius 1 is 1.08 bits per heavy atom. The summed E-state index contributed by atoms with van der Waals surface area (Å²) in [6, 6.07) is 14.0. The van der Waals surface area contributed by atoms with E-state index < -0.39 is 5.97 Å². The van der Waals surface area contributed by atoms with Gasteiger partial charge in [-0.3, -0.25) is 9.59 Å². The second kappa shape index (κ2) is 7.82. The van der Waals surface area contributed by atoms with Crippen molar-refractivity contribution >= 4 is 23.5 Å². The molecular weight excluding hydrogens is 332 g/mol. The van der Waals surface area contributed by atoms with Gasteiger partial charge in [0, 0.05) is 12.2 Å². The highest BCUT2D eigenvalue weighted by Gasteiger charge is 2.22. The number of carboxylic acids is 1. The number of carbonyl (C=O) groups excluding carboxylic acids is 2. The van der Waals surface area contributed by atoms with Crippen LogP contribution in [0.25, 0.3) is 0 Å². The average Bonchev–Trinajstić information content (AvgIpc) is 2.66. The lowest BCUT2D eigenvalue weighted by Gasteiger charge is -2.29. The van der Waals surface area contributed by atoms with Gasteiger partial charge in [-0.25, -0.2) is 4.79 Å². The van der Waals surface area contributed by atoms with Gasteiger partial charge in [-0.1, -0.05) is 30.3 Å². The van der Waals surface area contributed by atoms with E-state index in [2.05, 4.69) is 5.32 Å². The van der Waals surface area contributed by atoms with E-state index >= 15 is 0 Å². The number of nitrogens with zero attached hydrogens (tertiary/aromatic N) is 1. The summed E-state index contributed by atoms with van der Waals surface area (Å²) in [6.07, 6.45) is 1.88. The predicted octanol–water partition coefficient (Wildman–Crippen LogP) is 2.02. The number of rotatable bonds is 5. The van der Waals surface area contributed by atoms with Crippen LogP contribution in [-0.2, 0) is 22.4 Å².